The van der Waals surface area contributed by atoms with E-state index in [0.717, 1.165) is 4.57 Å². The fraction of sp³-hybridized carbons (Fsp3) is 0.500. The van der Waals surface area contributed by atoms with E-state index < -0.39 is 11.2 Å². The third-order valence-electron chi connectivity index (χ3n) is 2.96. The first kappa shape index (κ1) is 14.0. The Kier molecular flexibility index (Phi) is 4.02. The topological polar surface area (TPSA) is 99.0 Å². The number of fused-ring (bicyclic) bond motifs is 1. The monoisotopic (exact) mass is 280 g/mol. The number of hydrogen-bond donors (Lipinski definition) is 1. The zero-order chi connectivity index (χ0) is 14.7. The smallest absolute Gasteiger partial charge is 0.329 e. The minimum Gasteiger partial charge on any atom is -0.466 e. The van der Waals surface area contributed by atoms with Gasteiger partial charge >= 0.3 is 11.7 Å². The normalized spacial score (nSPS) is 10.9. The van der Waals surface area contributed by atoms with Crippen molar-refractivity contribution in [3.05, 3.63) is 27.2 Å². The number of rotatable bonds is 5. The van der Waals surface area contributed by atoms with Crippen LogP contribution in [0.1, 0.15) is 19.8 Å². The maximum Gasteiger partial charge on any atom is 0.329 e. The summed E-state index contributed by atoms with van der Waals surface area (Å²) in [6.45, 7) is 2.56. The Morgan fingerprint density at radius 1 is 1.45 bits per heavy atom. The third kappa shape index (κ3) is 2.63. The number of ether oxygens (including phenoxy) is 1. The molecular formula is C12H16N4O4. The Balaban J connectivity index is 2.20. The molecule has 108 valence electrons. The molecule has 2 heterocycles. The number of esters is 1. The average Bonchev–Trinajstić information content (AvgIpc) is 2.79. The summed E-state index contributed by atoms with van der Waals surface area (Å²) in [5.41, 5.74) is -0.318. The van der Waals surface area contributed by atoms with Crippen molar-refractivity contribution in [2.75, 3.05) is 6.61 Å². The first-order valence-electron chi connectivity index (χ1n) is 6.34. The Bertz CT molecular complexity index is 740. The third-order valence-corrected chi connectivity index (χ3v) is 2.96. The second-order valence-electron chi connectivity index (χ2n) is 4.34. The lowest BCUT2D eigenvalue weighted by atomic mass is 10.3. The highest BCUT2D eigenvalue weighted by molar-refractivity contribution is 5.70. The lowest BCUT2D eigenvalue weighted by Crippen LogP contribution is -2.33. The molecule has 0 radical (unpaired) electrons. The maximum absolute atomic E-state index is 12.0. The van der Waals surface area contributed by atoms with Crippen LogP contribution in [0.25, 0.3) is 11.2 Å². The molecule has 0 aliphatic carbocycles. The van der Waals surface area contributed by atoms with E-state index in [2.05, 4.69) is 9.97 Å². The van der Waals surface area contributed by atoms with Gasteiger partial charge in [-0.1, -0.05) is 0 Å². The lowest BCUT2D eigenvalue weighted by molar-refractivity contribution is -0.143. The van der Waals surface area contributed by atoms with E-state index in [9.17, 15) is 14.4 Å². The number of hydrogen-bond acceptors (Lipinski definition) is 5. The van der Waals surface area contributed by atoms with E-state index in [1.54, 1.807) is 11.5 Å². The van der Waals surface area contributed by atoms with Crippen LogP contribution < -0.4 is 11.2 Å². The van der Waals surface area contributed by atoms with E-state index in [1.165, 1.54) is 13.4 Å². The van der Waals surface area contributed by atoms with Crippen LogP contribution in [0.5, 0.6) is 0 Å². The minimum absolute atomic E-state index is 0.259. The maximum atomic E-state index is 12.0. The highest BCUT2D eigenvalue weighted by atomic mass is 16.5. The van der Waals surface area contributed by atoms with Crippen LogP contribution in [0.15, 0.2) is 15.9 Å². The number of H-pyrrole nitrogens is 1. The predicted octanol–water partition coefficient (Wildman–Crippen LogP) is -0.233. The number of carbonyl (C=O) groups is 1. The van der Waals surface area contributed by atoms with Gasteiger partial charge in [0.05, 0.1) is 12.9 Å². The Morgan fingerprint density at radius 3 is 2.90 bits per heavy atom. The highest BCUT2D eigenvalue weighted by Gasteiger charge is 2.11. The second-order valence-corrected chi connectivity index (χ2v) is 4.34. The Labute approximate surface area is 114 Å². The van der Waals surface area contributed by atoms with Gasteiger partial charge in [-0.15, -0.1) is 0 Å². The lowest BCUT2D eigenvalue weighted by Gasteiger charge is -2.04. The molecule has 2 aromatic rings. The number of aromatic amines is 1. The summed E-state index contributed by atoms with van der Waals surface area (Å²) >= 11 is 0. The summed E-state index contributed by atoms with van der Waals surface area (Å²) in [5.74, 6) is -0.266. The number of carbonyl (C=O) groups excluding carboxylic acids is 1. The molecule has 0 bridgehead atoms. The molecule has 0 saturated carbocycles. The summed E-state index contributed by atoms with van der Waals surface area (Å²) in [6, 6.07) is 0. The van der Waals surface area contributed by atoms with Gasteiger partial charge in [0.25, 0.3) is 5.56 Å². The van der Waals surface area contributed by atoms with Crippen LogP contribution in [0.2, 0.25) is 0 Å². The molecular weight excluding hydrogens is 264 g/mol. The van der Waals surface area contributed by atoms with Crippen LogP contribution >= 0.6 is 0 Å². The molecule has 0 amide bonds. The van der Waals surface area contributed by atoms with Gasteiger partial charge in [0.1, 0.15) is 0 Å². The number of aryl methyl sites for hydroxylation is 1. The molecule has 2 rings (SSSR count). The molecule has 0 saturated heterocycles. The van der Waals surface area contributed by atoms with Crippen LogP contribution in [0, 0.1) is 0 Å². The van der Waals surface area contributed by atoms with Crippen LogP contribution in [-0.2, 0) is 23.1 Å². The summed E-state index contributed by atoms with van der Waals surface area (Å²) in [7, 11) is 1.40. The second kappa shape index (κ2) is 5.72. The molecule has 0 spiro atoms. The van der Waals surface area contributed by atoms with Gasteiger partial charge in [-0.2, -0.15) is 0 Å². The van der Waals surface area contributed by atoms with Crippen molar-refractivity contribution in [2.45, 2.75) is 26.3 Å². The molecule has 20 heavy (non-hydrogen) atoms. The average molecular weight is 280 g/mol. The van der Waals surface area contributed by atoms with Gasteiger partial charge in [0.2, 0.25) is 0 Å². The number of nitrogens with zero attached hydrogens (tertiary/aromatic N) is 3. The van der Waals surface area contributed by atoms with Gasteiger partial charge in [0.15, 0.2) is 11.2 Å². The van der Waals surface area contributed by atoms with E-state index >= 15 is 0 Å². The summed E-state index contributed by atoms with van der Waals surface area (Å²) in [4.78, 5) is 41.2. The number of imidazole rings is 1. The van der Waals surface area contributed by atoms with E-state index in [0.29, 0.717) is 25.1 Å². The molecule has 1 N–H and O–H groups in total. The molecule has 0 fully saturated rings. The molecule has 8 nitrogen and oxygen atoms in total. The standard InChI is InChI=1S/C12H16N4O4/c1-3-20-8(17)5-4-6-16-7-13-10-9(16)11(18)15(2)12(19)14-10/h7H,3-6H2,1-2H3,(H,14,19). The summed E-state index contributed by atoms with van der Waals surface area (Å²) in [6.07, 6.45) is 2.29. The highest BCUT2D eigenvalue weighted by Crippen LogP contribution is 2.05. The minimum atomic E-state index is -0.501. The van der Waals surface area contributed by atoms with Crippen LogP contribution in [0.3, 0.4) is 0 Å². The van der Waals surface area contributed by atoms with Gasteiger partial charge in [-0.25, -0.2) is 9.78 Å². The van der Waals surface area contributed by atoms with Gasteiger partial charge in [0, 0.05) is 20.0 Å². The van der Waals surface area contributed by atoms with E-state index in [4.69, 9.17) is 4.74 Å². The number of nitrogens with one attached hydrogen (secondary N) is 1. The zero-order valence-electron chi connectivity index (χ0n) is 11.4. The van der Waals surface area contributed by atoms with Crippen molar-refractivity contribution in [2.24, 2.45) is 7.05 Å². The first-order valence-corrected chi connectivity index (χ1v) is 6.34. The number of aromatic nitrogens is 4. The van der Waals surface area contributed by atoms with E-state index in [1.807, 2.05) is 0 Å². The van der Waals surface area contributed by atoms with Crippen molar-refractivity contribution in [3.8, 4) is 0 Å². The van der Waals surface area contributed by atoms with Crippen molar-refractivity contribution >= 4 is 17.1 Å². The SMILES string of the molecule is CCOC(=O)CCCn1cnc2[nH]c(=O)n(C)c(=O)c21. The van der Waals surface area contributed by atoms with Crippen molar-refractivity contribution in [1.29, 1.82) is 0 Å². The van der Waals surface area contributed by atoms with E-state index in [-0.39, 0.29) is 18.0 Å². The van der Waals surface area contributed by atoms with Crippen molar-refractivity contribution in [1.82, 2.24) is 19.1 Å². The fourth-order valence-corrected chi connectivity index (χ4v) is 1.93. The van der Waals surface area contributed by atoms with Crippen LogP contribution in [0.4, 0.5) is 0 Å². The van der Waals surface area contributed by atoms with Crippen molar-refractivity contribution < 1.29 is 9.53 Å². The molecule has 0 atom stereocenters. The van der Waals surface area contributed by atoms with Gasteiger partial charge in [-0.3, -0.25) is 19.1 Å². The van der Waals surface area contributed by atoms with Crippen molar-refractivity contribution in [3.63, 3.8) is 0 Å². The Hall–Kier alpha value is -2.38. The zero-order valence-corrected chi connectivity index (χ0v) is 11.4. The summed E-state index contributed by atoms with van der Waals surface area (Å²) < 4.78 is 7.45. The molecule has 0 aliphatic rings. The van der Waals surface area contributed by atoms with Gasteiger partial charge in [-0.05, 0) is 13.3 Å². The molecule has 2 aromatic heterocycles. The Morgan fingerprint density at radius 2 is 2.20 bits per heavy atom. The van der Waals surface area contributed by atoms with Gasteiger partial charge < -0.3 is 9.30 Å². The predicted molar refractivity (Wildman–Crippen MR) is 71.5 cm³/mol. The van der Waals surface area contributed by atoms with Crippen LogP contribution in [-0.4, -0.2) is 31.7 Å². The molecule has 8 heteroatoms. The molecule has 0 aliphatic heterocycles. The summed E-state index contributed by atoms with van der Waals surface area (Å²) in [5, 5.41) is 0. The molecule has 0 aromatic carbocycles. The molecule has 0 unspecified atom stereocenters. The quantitative estimate of drug-likeness (QED) is 0.762. The largest absolute Gasteiger partial charge is 0.466 e. The first-order chi connectivity index (χ1) is 9.54. The fourth-order valence-electron chi connectivity index (χ4n) is 1.93.